The standard InChI is InChI=1S/C9H9ClF3N3O/c1-5(9(11,12)13)15-6-3-8(10)14-4-7(6)16(2)17/h3-5H,2H2,1H3,(H,14,15). The van der Waals surface area contributed by atoms with E-state index in [1.54, 1.807) is 0 Å². The predicted molar refractivity (Wildman–Crippen MR) is 58.8 cm³/mol. The minimum atomic E-state index is -4.43. The number of anilines is 1. The molecule has 1 rings (SSSR count). The predicted octanol–water partition coefficient (Wildman–Crippen LogP) is 2.94. The zero-order chi connectivity index (χ0) is 13.2. The van der Waals surface area contributed by atoms with Crippen molar-refractivity contribution < 1.29 is 17.9 Å². The quantitative estimate of drug-likeness (QED) is 0.301. The summed E-state index contributed by atoms with van der Waals surface area (Å²) in [5.74, 6) is 0. The van der Waals surface area contributed by atoms with E-state index >= 15 is 0 Å². The van der Waals surface area contributed by atoms with Crippen LogP contribution in [0.4, 0.5) is 24.5 Å². The summed E-state index contributed by atoms with van der Waals surface area (Å²) >= 11 is 5.55. The first-order valence-corrected chi connectivity index (χ1v) is 4.86. The van der Waals surface area contributed by atoms with E-state index in [1.165, 1.54) is 0 Å². The molecule has 0 saturated heterocycles. The number of hydrogen-bond donors (Lipinski definition) is 1. The van der Waals surface area contributed by atoms with E-state index in [9.17, 15) is 18.4 Å². The van der Waals surface area contributed by atoms with Crippen LogP contribution in [0.1, 0.15) is 6.92 Å². The fraction of sp³-hybridized carbons (Fsp3) is 0.333. The fourth-order valence-electron chi connectivity index (χ4n) is 1.05. The molecule has 0 saturated carbocycles. The largest absolute Gasteiger partial charge is 0.619 e. The number of rotatable bonds is 3. The maximum atomic E-state index is 12.3. The average molecular weight is 268 g/mol. The third-order valence-electron chi connectivity index (χ3n) is 1.98. The molecule has 17 heavy (non-hydrogen) atoms. The second-order valence-corrected chi connectivity index (χ2v) is 3.70. The van der Waals surface area contributed by atoms with Gasteiger partial charge in [0.25, 0.3) is 5.69 Å². The Hall–Kier alpha value is -1.50. The molecule has 94 valence electrons. The fourth-order valence-corrected chi connectivity index (χ4v) is 1.21. The van der Waals surface area contributed by atoms with Gasteiger partial charge in [-0.1, -0.05) is 11.6 Å². The highest BCUT2D eigenvalue weighted by Gasteiger charge is 2.36. The maximum Gasteiger partial charge on any atom is 0.408 e. The molecule has 0 bridgehead atoms. The number of aromatic nitrogens is 1. The molecular weight excluding hydrogens is 259 g/mol. The van der Waals surface area contributed by atoms with Gasteiger partial charge in [0.15, 0.2) is 0 Å². The van der Waals surface area contributed by atoms with Crippen LogP contribution in [-0.2, 0) is 0 Å². The molecule has 0 radical (unpaired) electrons. The lowest BCUT2D eigenvalue weighted by atomic mass is 10.2. The normalized spacial score (nSPS) is 13.2. The molecule has 4 nitrogen and oxygen atoms in total. The molecular formula is C9H9ClF3N3O. The minimum Gasteiger partial charge on any atom is -0.619 e. The van der Waals surface area contributed by atoms with Gasteiger partial charge in [0.05, 0.1) is 0 Å². The summed E-state index contributed by atoms with van der Waals surface area (Å²) in [6.45, 7) is 3.97. The van der Waals surface area contributed by atoms with Crippen molar-refractivity contribution >= 4 is 29.7 Å². The number of hydrogen-bond acceptors (Lipinski definition) is 3. The molecule has 0 fully saturated rings. The van der Waals surface area contributed by atoms with Crippen molar-refractivity contribution in [2.45, 2.75) is 19.1 Å². The van der Waals surface area contributed by atoms with Crippen LogP contribution >= 0.6 is 11.6 Å². The molecule has 0 aliphatic carbocycles. The van der Waals surface area contributed by atoms with E-state index in [2.05, 4.69) is 17.0 Å². The highest BCUT2D eigenvalue weighted by molar-refractivity contribution is 6.29. The van der Waals surface area contributed by atoms with Crippen molar-refractivity contribution in [1.82, 2.24) is 4.98 Å². The summed E-state index contributed by atoms with van der Waals surface area (Å²) in [6, 6.07) is -0.686. The zero-order valence-corrected chi connectivity index (χ0v) is 9.51. The highest BCUT2D eigenvalue weighted by Crippen LogP contribution is 2.29. The van der Waals surface area contributed by atoms with Gasteiger partial charge in [-0.05, 0) is 6.92 Å². The number of nitrogens with one attached hydrogen (secondary N) is 1. The van der Waals surface area contributed by atoms with Crippen LogP contribution in [0.5, 0.6) is 0 Å². The van der Waals surface area contributed by atoms with E-state index in [0.29, 0.717) is 0 Å². The zero-order valence-electron chi connectivity index (χ0n) is 8.75. The Morgan fingerprint density at radius 2 is 2.18 bits per heavy atom. The van der Waals surface area contributed by atoms with Crippen LogP contribution in [0.3, 0.4) is 0 Å². The highest BCUT2D eigenvalue weighted by atomic mass is 35.5. The van der Waals surface area contributed by atoms with Gasteiger partial charge in [-0.25, -0.2) is 4.98 Å². The van der Waals surface area contributed by atoms with Crippen LogP contribution in [0.2, 0.25) is 5.15 Å². The number of pyridine rings is 1. The van der Waals surface area contributed by atoms with E-state index in [1.807, 2.05) is 0 Å². The minimum absolute atomic E-state index is 0.0209. The summed E-state index contributed by atoms with van der Waals surface area (Å²) in [5.41, 5.74) is -0.190. The Morgan fingerprint density at radius 3 is 2.65 bits per heavy atom. The van der Waals surface area contributed by atoms with Crippen molar-refractivity contribution in [3.63, 3.8) is 0 Å². The molecule has 0 aromatic carbocycles. The van der Waals surface area contributed by atoms with Crippen molar-refractivity contribution in [3.8, 4) is 0 Å². The van der Waals surface area contributed by atoms with Crippen LogP contribution in [0.15, 0.2) is 12.3 Å². The van der Waals surface area contributed by atoms with Gasteiger partial charge in [-0.2, -0.15) is 17.9 Å². The Bertz CT molecular complexity index is 436. The van der Waals surface area contributed by atoms with Crippen LogP contribution in [0.25, 0.3) is 0 Å². The molecule has 1 heterocycles. The lowest BCUT2D eigenvalue weighted by molar-refractivity contribution is -0.349. The van der Waals surface area contributed by atoms with E-state index < -0.39 is 12.2 Å². The molecule has 0 aliphatic rings. The second-order valence-electron chi connectivity index (χ2n) is 3.31. The first-order valence-electron chi connectivity index (χ1n) is 4.48. The topological polar surface area (TPSA) is 51.0 Å². The van der Waals surface area contributed by atoms with Gasteiger partial charge in [-0.15, -0.1) is 0 Å². The third kappa shape index (κ3) is 3.48. The van der Waals surface area contributed by atoms with Crippen LogP contribution in [-0.4, -0.2) is 28.7 Å². The van der Waals surface area contributed by atoms with Crippen molar-refractivity contribution in [3.05, 3.63) is 22.6 Å². The van der Waals surface area contributed by atoms with E-state index in [-0.39, 0.29) is 21.3 Å². The van der Waals surface area contributed by atoms with Gasteiger partial charge in [0.2, 0.25) is 0 Å². The Labute approximate surface area is 100 Å². The molecule has 0 spiro atoms. The third-order valence-corrected chi connectivity index (χ3v) is 2.19. The van der Waals surface area contributed by atoms with Gasteiger partial charge in [0, 0.05) is 6.07 Å². The Kier molecular flexibility index (Phi) is 3.82. The molecule has 1 N–H and O–H groups in total. The lowest BCUT2D eigenvalue weighted by Gasteiger charge is -2.19. The maximum absolute atomic E-state index is 12.3. The van der Waals surface area contributed by atoms with Gasteiger partial charge in [0.1, 0.15) is 29.8 Å². The van der Waals surface area contributed by atoms with Crippen LogP contribution < -0.4 is 5.32 Å². The summed E-state index contributed by atoms with van der Waals surface area (Å²) in [6.07, 6.45) is -3.38. The number of halogens is 4. The molecule has 1 aromatic heterocycles. The molecule has 0 aliphatic heterocycles. The molecule has 0 amide bonds. The van der Waals surface area contributed by atoms with Crippen LogP contribution in [0, 0.1) is 5.21 Å². The summed E-state index contributed by atoms with van der Waals surface area (Å²) < 4.78 is 37.2. The first-order chi connectivity index (χ1) is 7.71. The Balaban J connectivity index is 3.04. The molecule has 1 atom stereocenters. The number of nitrogens with zero attached hydrogens (tertiary/aromatic N) is 2. The average Bonchev–Trinajstić information content (AvgIpc) is 2.15. The van der Waals surface area contributed by atoms with E-state index in [0.717, 1.165) is 19.2 Å². The summed E-state index contributed by atoms with van der Waals surface area (Å²) in [5, 5.41) is 13.1. The summed E-state index contributed by atoms with van der Waals surface area (Å²) in [7, 11) is 0. The van der Waals surface area contributed by atoms with Gasteiger partial charge >= 0.3 is 6.18 Å². The molecule has 8 heteroatoms. The lowest BCUT2D eigenvalue weighted by Crippen LogP contribution is -2.33. The van der Waals surface area contributed by atoms with Crippen molar-refractivity contribution in [1.29, 1.82) is 0 Å². The Morgan fingerprint density at radius 1 is 1.59 bits per heavy atom. The number of alkyl halides is 3. The molecule has 1 unspecified atom stereocenters. The smallest absolute Gasteiger partial charge is 0.408 e. The first kappa shape index (κ1) is 13.6. The monoisotopic (exact) mass is 267 g/mol. The summed E-state index contributed by atoms with van der Waals surface area (Å²) in [4.78, 5) is 3.59. The second kappa shape index (κ2) is 4.79. The van der Waals surface area contributed by atoms with Gasteiger partial charge < -0.3 is 10.5 Å². The molecule has 1 aromatic rings. The van der Waals surface area contributed by atoms with Gasteiger partial charge in [-0.3, -0.25) is 0 Å². The van der Waals surface area contributed by atoms with E-state index in [4.69, 9.17) is 11.6 Å². The van der Waals surface area contributed by atoms with Crippen molar-refractivity contribution in [2.24, 2.45) is 0 Å². The van der Waals surface area contributed by atoms with Crippen molar-refractivity contribution in [2.75, 3.05) is 5.32 Å². The SMILES string of the molecule is C=[N+]([O-])c1cnc(Cl)cc1NC(C)C(F)(F)F.